The Kier molecular flexibility index (Phi) is 5.32. The Morgan fingerprint density at radius 2 is 1.88 bits per heavy atom. The molecule has 0 bridgehead atoms. The molecule has 2 aromatic carbocycles. The first-order valence-corrected chi connectivity index (χ1v) is 11.3. The zero-order valence-corrected chi connectivity index (χ0v) is 19.0. The number of halogens is 1. The fourth-order valence-electron chi connectivity index (χ4n) is 3.52. The molecule has 0 fully saturated rings. The molecule has 0 saturated heterocycles. The van der Waals surface area contributed by atoms with Crippen LogP contribution >= 0.6 is 23.4 Å². The summed E-state index contributed by atoms with van der Waals surface area (Å²) in [6, 6.07) is 15.5. The van der Waals surface area contributed by atoms with Crippen LogP contribution in [-0.4, -0.2) is 35.9 Å². The van der Waals surface area contributed by atoms with Gasteiger partial charge in [-0.05, 0) is 43.7 Å². The SMILES string of the molecule is Cc1ccc(NC(=O)CSc2nnc3c4cc(-c5ccc(Cl)cc5)nn4ccn23)c(C)c1. The van der Waals surface area contributed by atoms with Gasteiger partial charge in [0.25, 0.3) is 0 Å². The van der Waals surface area contributed by atoms with Gasteiger partial charge in [-0.2, -0.15) is 5.10 Å². The minimum absolute atomic E-state index is 0.0887. The van der Waals surface area contributed by atoms with Crippen LogP contribution in [0.15, 0.2) is 66.1 Å². The lowest BCUT2D eigenvalue weighted by molar-refractivity contribution is -0.113. The molecule has 160 valence electrons. The number of rotatable bonds is 5. The minimum Gasteiger partial charge on any atom is -0.325 e. The average molecular weight is 463 g/mol. The topological polar surface area (TPSA) is 76.6 Å². The van der Waals surface area contributed by atoms with Crippen molar-refractivity contribution in [2.24, 2.45) is 0 Å². The van der Waals surface area contributed by atoms with E-state index in [-0.39, 0.29) is 11.7 Å². The van der Waals surface area contributed by atoms with Gasteiger partial charge >= 0.3 is 0 Å². The van der Waals surface area contributed by atoms with E-state index in [2.05, 4.69) is 20.6 Å². The molecule has 3 heterocycles. The molecule has 1 amide bonds. The first-order chi connectivity index (χ1) is 15.5. The van der Waals surface area contributed by atoms with Gasteiger partial charge in [-0.1, -0.05) is 53.2 Å². The number of carbonyl (C=O) groups excluding carboxylic acids is 1. The molecule has 1 N–H and O–H groups in total. The third-order valence-electron chi connectivity index (χ3n) is 5.11. The number of amides is 1. The van der Waals surface area contributed by atoms with Crippen LogP contribution in [0.1, 0.15) is 11.1 Å². The number of thioether (sulfide) groups is 1. The molecule has 0 atom stereocenters. The van der Waals surface area contributed by atoms with Crippen molar-refractivity contribution in [2.75, 3.05) is 11.1 Å². The van der Waals surface area contributed by atoms with Gasteiger partial charge in [0.05, 0.1) is 11.4 Å². The first-order valence-electron chi connectivity index (χ1n) is 9.97. The maximum atomic E-state index is 12.5. The molecule has 32 heavy (non-hydrogen) atoms. The van der Waals surface area contributed by atoms with Crippen molar-refractivity contribution < 1.29 is 4.79 Å². The molecule has 7 nitrogen and oxygen atoms in total. The largest absolute Gasteiger partial charge is 0.325 e. The fraction of sp³-hybridized carbons (Fsp3) is 0.130. The number of fused-ring (bicyclic) bond motifs is 3. The Bertz CT molecular complexity index is 1460. The Morgan fingerprint density at radius 3 is 2.66 bits per heavy atom. The quantitative estimate of drug-likeness (QED) is 0.370. The maximum Gasteiger partial charge on any atom is 0.234 e. The van der Waals surface area contributed by atoms with E-state index in [4.69, 9.17) is 11.6 Å². The van der Waals surface area contributed by atoms with Gasteiger partial charge in [0.1, 0.15) is 5.52 Å². The Labute approximate surface area is 193 Å². The van der Waals surface area contributed by atoms with Crippen molar-refractivity contribution in [3.05, 3.63) is 77.1 Å². The lowest BCUT2D eigenvalue weighted by atomic mass is 10.1. The molecule has 0 aliphatic rings. The summed E-state index contributed by atoms with van der Waals surface area (Å²) >= 11 is 7.33. The molecule has 9 heteroatoms. The van der Waals surface area contributed by atoms with Crippen LogP contribution in [-0.2, 0) is 4.79 Å². The minimum atomic E-state index is -0.0887. The van der Waals surface area contributed by atoms with E-state index in [1.807, 2.05) is 79.2 Å². The van der Waals surface area contributed by atoms with E-state index in [0.717, 1.165) is 33.6 Å². The van der Waals surface area contributed by atoms with E-state index in [9.17, 15) is 4.79 Å². The van der Waals surface area contributed by atoms with E-state index in [0.29, 0.717) is 15.8 Å². The Morgan fingerprint density at radius 1 is 1.06 bits per heavy atom. The second-order valence-corrected chi connectivity index (χ2v) is 8.87. The molecule has 0 saturated carbocycles. The summed E-state index contributed by atoms with van der Waals surface area (Å²) in [5.41, 5.74) is 6.32. The van der Waals surface area contributed by atoms with Crippen molar-refractivity contribution in [1.29, 1.82) is 0 Å². The van der Waals surface area contributed by atoms with Crippen LogP contribution < -0.4 is 5.32 Å². The number of aromatic nitrogens is 5. The Balaban J connectivity index is 1.36. The van der Waals surface area contributed by atoms with Gasteiger partial charge < -0.3 is 5.32 Å². The summed E-state index contributed by atoms with van der Waals surface area (Å²) in [7, 11) is 0. The van der Waals surface area contributed by atoms with Crippen LogP contribution in [0.3, 0.4) is 0 Å². The van der Waals surface area contributed by atoms with Gasteiger partial charge in [-0.25, -0.2) is 4.52 Å². The number of hydrogen-bond acceptors (Lipinski definition) is 5. The Hall–Kier alpha value is -3.36. The van der Waals surface area contributed by atoms with Gasteiger partial charge in [0, 0.05) is 28.7 Å². The van der Waals surface area contributed by atoms with Gasteiger partial charge in [-0.15, -0.1) is 10.2 Å². The highest BCUT2D eigenvalue weighted by Gasteiger charge is 2.14. The molecule has 0 unspecified atom stereocenters. The highest BCUT2D eigenvalue weighted by atomic mass is 35.5. The summed E-state index contributed by atoms with van der Waals surface area (Å²) in [4.78, 5) is 12.5. The lowest BCUT2D eigenvalue weighted by Gasteiger charge is -2.08. The average Bonchev–Trinajstić information content (AvgIpc) is 3.38. The summed E-state index contributed by atoms with van der Waals surface area (Å²) in [5, 5.41) is 17.5. The number of benzene rings is 2. The van der Waals surface area contributed by atoms with Crippen LogP contribution in [0.5, 0.6) is 0 Å². The highest BCUT2D eigenvalue weighted by molar-refractivity contribution is 7.99. The molecule has 3 aromatic heterocycles. The third kappa shape index (κ3) is 3.94. The van der Waals surface area contributed by atoms with E-state index in [1.165, 1.54) is 11.8 Å². The van der Waals surface area contributed by atoms with Crippen LogP contribution in [0.4, 0.5) is 5.69 Å². The number of hydrogen-bond donors (Lipinski definition) is 1. The first kappa shape index (κ1) is 20.5. The lowest BCUT2D eigenvalue weighted by Crippen LogP contribution is -2.15. The third-order valence-corrected chi connectivity index (χ3v) is 6.31. The number of aryl methyl sites for hydroxylation is 2. The van der Waals surface area contributed by atoms with E-state index < -0.39 is 0 Å². The predicted octanol–water partition coefficient (Wildman–Crippen LogP) is 5.05. The zero-order chi connectivity index (χ0) is 22.2. The molecule has 0 aliphatic carbocycles. The summed E-state index contributed by atoms with van der Waals surface area (Å²) in [6.45, 7) is 4.01. The number of nitrogens with zero attached hydrogens (tertiary/aromatic N) is 5. The van der Waals surface area contributed by atoms with Gasteiger partial charge in [0.2, 0.25) is 5.91 Å². The van der Waals surface area contributed by atoms with Crippen molar-refractivity contribution in [3.8, 4) is 11.3 Å². The summed E-state index contributed by atoms with van der Waals surface area (Å²) in [5.74, 6) is 0.142. The predicted molar refractivity (Wildman–Crippen MR) is 127 cm³/mol. The molecule has 0 aliphatic heterocycles. The maximum absolute atomic E-state index is 12.5. The fourth-order valence-corrected chi connectivity index (χ4v) is 4.36. The van der Waals surface area contributed by atoms with E-state index in [1.54, 1.807) is 4.52 Å². The zero-order valence-electron chi connectivity index (χ0n) is 17.4. The van der Waals surface area contributed by atoms with Crippen molar-refractivity contribution in [2.45, 2.75) is 19.0 Å². The van der Waals surface area contributed by atoms with Gasteiger partial charge in [0.15, 0.2) is 10.8 Å². The monoisotopic (exact) mass is 462 g/mol. The molecular formula is C23H19ClN6OS. The second kappa shape index (κ2) is 8.29. The summed E-state index contributed by atoms with van der Waals surface area (Å²) in [6.07, 6.45) is 3.70. The number of carbonyl (C=O) groups is 1. The highest BCUT2D eigenvalue weighted by Crippen LogP contribution is 2.25. The smallest absolute Gasteiger partial charge is 0.234 e. The molecular weight excluding hydrogens is 444 g/mol. The number of nitrogens with one attached hydrogen (secondary N) is 1. The van der Waals surface area contributed by atoms with Crippen LogP contribution in [0.2, 0.25) is 5.02 Å². The molecule has 0 spiro atoms. The second-order valence-electron chi connectivity index (χ2n) is 7.50. The summed E-state index contributed by atoms with van der Waals surface area (Å²) < 4.78 is 3.65. The van der Waals surface area contributed by atoms with Gasteiger partial charge in [-0.3, -0.25) is 9.20 Å². The van der Waals surface area contributed by atoms with Crippen molar-refractivity contribution >= 4 is 46.1 Å². The molecule has 0 radical (unpaired) electrons. The number of anilines is 1. The van der Waals surface area contributed by atoms with E-state index >= 15 is 0 Å². The molecule has 5 aromatic rings. The van der Waals surface area contributed by atoms with Crippen LogP contribution in [0.25, 0.3) is 22.4 Å². The van der Waals surface area contributed by atoms with Crippen LogP contribution in [0, 0.1) is 13.8 Å². The van der Waals surface area contributed by atoms with Crippen molar-refractivity contribution in [1.82, 2.24) is 24.2 Å². The van der Waals surface area contributed by atoms with Crippen molar-refractivity contribution in [3.63, 3.8) is 0 Å². The normalized spacial score (nSPS) is 11.3. The standard InChI is InChI=1S/C23H19ClN6OS/c1-14-3-8-18(15(2)11-14)25-21(31)13-32-23-27-26-22-20-12-19(16-4-6-17(24)7-5-16)28-30(20)10-9-29(22)23/h3-12H,13H2,1-2H3,(H,25,31). The molecule has 5 rings (SSSR count).